The van der Waals surface area contributed by atoms with Gasteiger partial charge in [0.1, 0.15) is 0 Å². The standard InChI is InChI=1S/C14H17BrFN3O/c1-4-17-13(14-10(15)8-18-19(14)2)9-5-6-12(20-3)11(16)7-9/h5-8,13,17H,4H2,1-3H3. The number of aryl methyl sites for hydroxylation is 1. The predicted molar refractivity (Wildman–Crippen MR) is 79.4 cm³/mol. The molecular formula is C14H17BrFN3O. The second-order valence-corrected chi connectivity index (χ2v) is 5.24. The van der Waals surface area contributed by atoms with E-state index in [0.717, 1.165) is 22.3 Å². The molecule has 20 heavy (non-hydrogen) atoms. The van der Waals surface area contributed by atoms with Crippen molar-refractivity contribution in [2.75, 3.05) is 13.7 Å². The van der Waals surface area contributed by atoms with E-state index >= 15 is 0 Å². The highest BCUT2D eigenvalue weighted by atomic mass is 79.9. The molecule has 0 amide bonds. The van der Waals surface area contributed by atoms with Crippen LogP contribution in [0, 0.1) is 5.82 Å². The van der Waals surface area contributed by atoms with Gasteiger partial charge in [-0.1, -0.05) is 13.0 Å². The van der Waals surface area contributed by atoms with E-state index in [4.69, 9.17) is 4.74 Å². The predicted octanol–water partition coefficient (Wildman–Crippen LogP) is 3.03. The van der Waals surface area contributed by atoms with Gasteiger partial charge >= 0.3 is 0 Å². The van der Waals surface area contributed by atoms with Gasteiger partial charge in [-0.05, 0) is 40.2 Å². The third-order valence-corrected chi connectivity index (χ3v) is 3.74. The van der Waals surface area contributed by atoms with Crippen molar-refractivity contribution in [3.63, 3.8) is 0 Å². The normalized spacial score (nSPS) is 12.4. The van der Waals surface area contributed by atoms with Crippen LogP contribution in [0.4, 0.5) is 4.39 Å². The van der Waals surface area contributed by atoms with Gasteiger partial charge in [0.05, 0.1) is 29.5 Å². The molecule has 2 aromatic rings. The van der Waals surface area contributed by atoms with E-state index in [9.17, 15) is 4.39 Å². The van der Waals surface area contributed by atoms with E-state index in [1.54, 1.807) is 16.9 Å². The number of aromatic nitrogens is 2. The molecule has 0 radical (unpaired) electrons. The maximum atomic E-state index is 13.9. The maximum Gasteiger partial charge on any atom is 0.165 e. The fraction of sp³-hybridized carbons (Fsp3) is 0.357. The summed E-state index contributed by atoms with van der Waals surface area (Å²) in [6, 6.07) is 4.85. The highest BCUT2D eigenvalue weighted by Crippen LogP contribution is 2.30. The third kappa shape index (κ3) is 2.86. The average molecular weight is 342 g/mol. The van der Waals surface area contributed by atoms with Crippen molar-refractivity contribution in [1.29, 1.82) is 0 Å². The Bertz CT molecular complexity index is 581. The minimum Gasteiger partial charge on any atom is -0.494 e. The van der Waals surface area contributed by atoms with E-state index in [0.29, 0.717) is 0 Å². The first kappa shape index (κ1) is 15.0. The Kier molecular flexibility index (Phi) is 4.77. The van der Waals surface area contributed by atoms with E-state index < -0.39 is 0 Å². The fourth-order valence-electron chi connectivity index (χ4n) is 2.18. The Labute approximate surface area is 126 Å². The zero-order valence-corrected chi connectivity index (χ0v) is 13.2. The Balaban J connectivity index is 2.46. The van der Waals surface area contributed by atoms with Crippen molar-refractivity contribution in [1.82, 2.24) is 15.1 Å². The minimum absolute atomic E-state index is 0.137. The Hall–Kier alpha value is -1.40. The fourth-order valence-corrected chi connectivity index (χ4v) is 2.76. The molecule has 0 saturated heterocycles. The van der Waals surface area contributed by atoms with Crippen molar-refractivity contribution < 1.29 is 9.13 Å². The molecule has 1 N–H and O–H groups in total. The van der Waals surface area contributed by atoms with E-state index in [1.807, 2.05) is 20.0 Å². The monoisotopic (exact) mass is 341 g/mol. The molecular weight excluding hydrogens is 325 g/mol. The van der Waals surface area contributed by atoms with Crippen molar-refractivity contribution in [2.24, 2.45) is 7.05 Å². The first-order valence-corrected chi connectivity index (χ1v) is 7.12. The van der Waals surface area contributed by atoms with Crippen molar-refractivity contribution in [3.05, 3.63) is 45.9 Å². The molecule has 0 saturated carbocycles. The highest BCUT2D eigenvalue weighted by Gasteiger charge is 2.21. The lowest BCUT2D eigenvalue weighted by Gasteiger charge is -2.20. The summed E-state index contributed by atoms with van der Waals surface area (Å²) in [4.78, 5) is 0. The lowest BCUT2D eigenvalue weighted by atomic mass is 10.0. The van der Waals surface area contributed by atoms with Crippen molar-refractivity contribution in [2.45, 2.75) is 13.0 Å². The molecule has 0 spiro atoms. The smallest absolute Gasteiger partial charge is 0.165 e. The number of methoxy groups -OCH3 is 1. The van der Waals surface area contributed by atoms with Crippen LogP contribution < -0.4 is 10.1 Å². The van der Waals surface area contributed by atoms with Gasteiger partial charge in [0.15, 0.2) is 11.6 Å². The van der Waals surface area contributed by atoms with Crippen LogP contribution in [0.15, 0.2) is 28.9 Å². The first-order chi connectivity index (χ1) is 9.58. The van der Waals surface area contributed by atoms with Crippen LogP contribution in [0.25, 0.3) is 0 Å². The van der Waals surface area contributed by atoms with E-state index in [1.165, 1.54) is 13.2 Å². The SMILES string of the molecule is CCNC(c1ccc(OC)c(F)c1)c1c(Br)cnn1C. The molecule has 1 unspecified atom stereocenters. The van der Waals surface area contributed by atoms with Crippen LogP contribution >= 0.6 is 15.9 Å². The maximum absolute atomic E-state index is 13.9. The summed E-state index contributed by atoms with van der Waals surface area (Å²) in [6.45, 7) is 2.77. The molecule has 6 heteroatoms. The molecule has 0 fully saturated rings. The zero-order valence-electron chi connectivity index (χ0n) is 11.7. The molecule has 0 aliphatic rings. The summed E-state index contributed by atoms with van der Waals surface area (Å²) in [5.74, 6) is -0.126. The lowest BCUT2D eigenvalue weighted by molar-refractivity contribution is 0.385. The highest BCUT2D eigenvalue weighted by molar-refractivity contribution is 9.10. The Morgan fingerprint density at radius 1 is 1.50 bits per heavy atom. The first-order valence-electron chi connectivity index (χ1n) is 6.32. The van der Waals surface area contributed by atoms with Gasteiger partial charge < -0.3 is 10.1 Å². The molecule has 0 aliphatic heterocycles. The molecule has 108 valence electrons. The van der Waals surface area contributed by atoms with Gasteiger partial charge in [-0.3, -0.25) is 4.68 Å². The number of nitrogens with zero attached hydrogens (tertiary/aromatic N) is 2. The largest absolute Gasteiger partial charge is 0.494 e. The lowest BCUT2D eigenvalue weighted by Crippen LogP contribution is -2.24. The molecule has 0 bridgehead atoms. The van der Waals surface area contributed by atoms with E-state index in [2.05, 4.69) is 26.3 Å². The minimum atomic E-state index is -0.369. The molecule has 4 nitrogen and oxygen atoms in total. The number of hydrogen-bond donors (Lipinski definition) is 1. The van der Waals surface area contributed by atoms with Crippen molar-refractivity contribution >= 4 is 15.9 Å². The molecule has 1 atom stereocenters. The summed E-state index contributed by atoms with van der Waals surface area (Å²) < 4.78 is 21.5. The second kappa shape index (κ2) is 6.37. The molecule has 1 aromatic carbocycles. The van der Waals surface area contributed by atoms with Gasteiger partial charge in [-0.25, -0.2) is 4.39 Å². The van der Waals surface area contributed by atoms with E-state index in [-0.39, 0.29) is 17.6 Å². The quantitative estimate of drug-likeness (QED) is 0.908. The third-order valence-electron chi connectivity index (χ3n) is 3.13. The van der Waals surface area contributed by atoms with Gasteiger partial charge in [0.25, 0.3) is 0 Å². The van der Waals surface area contributed by atoms with Gasteiger partial charge in [0, 0.05) is 7.05 Å². The number of hydrogen-bond acceptors (Lipinski definition) is 3. The molecule has 1 heterocycles. The zero-order chi connectivity index (χ0) is 14.7. The van der Waals surface area contributed by atoms with Gasteiger partial charge in [-0.2, -0.15) is 5.10 Å². The average Bonchev–Trinajstić information content (AvgIpc) is 2.76. The van der Waals surface area contributed by atoms with Crippen LogP contribution in [0.2, 0.25) is 0 Å². The van der Waals surface area contributed by atoms with Crippen molar-refractivity contribution in [3.8, 4) is 5.75 Å². The van der Waals surface area contributed by atoms with Crippen LogP contribution in [0.1, 0.15) is 24.2 Å². The number of ether oxygens (including phenoxy) is 1. The van der Waals surface area contributed by atoms with Crippen LogP contribution in [-0.4, -0.2) is 23.4 Å². The van der Waals surface area contributed by atoms with Gasteiger partial charge in [0.2, 0.25) is 0 Å². The molecule has 2 rings (SSSR count). The Morgan fingerprint density at radius 2 is 2.25 bits per heavy atom. The Morgan fingerprint density at radius 3 is 2.75 bits per heavy atom. The van der Waals surface area contributed by atoms with Crippen LogP contribution in [0.5, 0.6) is 5.75 Å². The van der Waals surface area contributed by atoms with Crippen LogP contribution in [0.3, 0.4) is 0 Å². The molecule has 0 aliphatic carbocycles. The summed E-state index contributed by atoms with van der Waals surface area (Å²) in [5, 5.41) is 7.56. The number of benzene rings is 1. The second-order valence-electron chi connectivity index (χ2n) is 4.39. The summed E-state index contributed by atoms with van der Waals surface area (Å²) in [7, 11) is 3.32. The number of halogens is 2. The summed E-state index contributed by atoms with van der Waals surface area (Å²) >= 11 is 3.49. The number of nitrogens with one attached hydrogen (secondary N) is 1. The number of rotatable bonds is 5. The molecule has 1 aromatic heterocycles. The van der Waals surface area contributed by atoms with Crippen LogP contribution in [-0.2, 0) is 7.05 Å². The topological polar surface area (TPSA) is 39.1 Å². The summed E-state index contributed by atoms with van der Waals surface area (Å²) in [6.07, 6.45) is 1.74. The van der Waals surface area contributed by atoms with Gasteiger partial charge in [-0.15, -0.1) is 0 Å². The summed E-state index contributed by atoms with van der Waals surface area (Å²) in [5.41, 5.74) is 1.78.